The summed E-state index contributed by atoms with van der Waals surface area (Å²) in [6, 6.07) is 19.1. The molecule has 8 heteroatoms. The van der Waals surface area contributed by atoms with Crippen LogP contribution in [0.4, 0.5) is 5.69 Å². The summed E-state index contributed by atoms with van der Waals surface area (Å²) in [6.07, 6.45) is 1.48. The number of anilines is 1. The summed E-state index contributed by atoms with van der Waals surface area (Å²) in [5, 5.41) is 13.1. The summed E-state index contributed by atoms with van der Waals surface area (Å²) in [7, 11) is 3.07. The molecule has 3 aromatic carbocycles. The van der Waals surface area contributed by atoms with Gasteiger partial charge >= 0.3 is 0 Å². The molecule has 0 bridgehead atoms. The van der Waals surface area contributed by atoms with Crippen LogP contribution >= 0.6 is 23.2 Å². The second kappa shape index (κ2) is 11.3. The van der Waals surface area contributed by atoms with Crippen molar-refractivity contribution in [3.05, 3.63) is 87.4 Å². The Morgan fingerprint density at radius 3 is 2.36 bits per heavy atom. The molecule has 0 aliphatic heterocycles. The minimum Gasteiger partial charge on any atom is -0.497 e. The van der Waals surface area contributed by atoms with Crippen molar-refractivity contribution in [2.45, 2.75) is 6.61 Å². The molecule has 0 aliphatic rings. The van der Waals surface area contributed by atoms with Crippen molar-refractivity contribution in [3.63, 3.8) is 0 Å². The Balaban J connectivity index is 1.73. The number of carbonyl (C=O) groups is 1. The van der Waals surface area contributed by atoms with E-state index in [1.807, 2.05) is 12.1 Å². The molecule has 0 aliphatic carbocycles. The molecule has 0 atom stereocenters. The number of carbonyl (C=O) groups excluding carboxylic acids is 1. The molecule has 0 heterocycles. The van der Waals surface area contributed by atoms with Gasteiger partial charge < -0.3 is 19.5 Å². The van der Waals surface area contributed by atoms with Gasteiger partial charge in [-0.25, -0.2) is 0 Å². The van der Waals surface area contributed by atoms with Crippen molar-refractivity contribution in [1.29, 1.82) is 5.26 Å². The Morgan fingerprint density at radius 2 is 1.73 bits per heavy atom. The zero-order chi connectivity index (χ0) is 23.8. The Morgan fingerprint density at radius 1 is 0.970 bits per heavy atom. The van der Waals surface area contributed by atoms with E-state index in [4.69, 9.17) is 37.4 Å². The Bertz CT molecular complexity index is 1220. The zero-order valence-corrected chi connectivity index (χ0v) is 19.4. The quantitative estimate of drug-likeness (QED) is 0.308. The molecule has 0 aromatic heterocycles. The molecule has 3 aromatic rings. The van der Waals surface area contributed by atoms with Crippen LogP contribution in [0, 0.1) is 11.3 Å². The highest BCUT2D eigenvalue weighted by atomic mass is 35.5. The Hall–Kier alpha value is -3.66. The van der Waals surface area contributed by atoms with E-state index in [0.717, 1.165) is 5.56 Å². The number of halogens is 2. The number of nitrogens with zero attached hydrogens (tertiary/aromatic N) is 1. The van der Waals surface area contributed by atoms with Gasteiger partial charge in [0.25, 0.3) is 5.91 Å². The molecule has 168 valence electrons. The summed E-state index contributed by atoms with van der Waals surface area (Å²) >= 11 is 12.0. The van der Waals surface area contributed by atoms with Crippen LogP contribution in [0.3, 0.4) is 0 Å². The molecule has 33 heavy (non-hydrogen) atoms. The number of benzene rings is 3. The van der Waals surface area contributed by atoms with Gasteiger partial charge in [-0.3, -0.25) is 4.79 Å². The van der Waals surface area contributed by atoms with Crippen LogP contribution in [0.2, 0.25) is 10.0 Å². The van der Waals surface area contributed by atoms with Crippen molar-refractivity contribution in [2.24, 2.45) is 0 Å². The van der Waals surface area contributed by atoms with Gasteiger partial charge in [0, 0.05) is 5.69 Å². The first-order valence-corrected chi connectivity index (χ1v) is 10.5. The van der Waals surface area contributed by atoms with E-state index in [-0.39, 0.29) is 12.2 Å². The van der Waals surface area contributed by atoms with Gasteiger partial charge in [0.1, 0.15) is 24.0 Å². The van der Waals surface area contributed by atoms with Crippen molar-refractivity contribution in [3.8, 4) is 23.3 Å². The predicted octanol–water partition coefficient (Wildman–Crippen LogP) is 6.14. The summed E-state index contributed by atoms with van der Waals surface area (Å²) in [4.78, 5) is 12.5. The predicted molar refractivity (Wildman–Crippen MR) is 129 cm³/mol. The van der Waals surface area contributed by atoms with Crippen LogP contribution in [-0.2, 0) is 11.4 Å². The van der Waals surface area contributed by atoms with Crippen molar-refractivity contribution >= 4 is 40.9 Å². The maximum atomic E-state index is 12.5. The van der Waals surface area contributed by atoms with E-state index in [9.17, 15) is 10.1 Å². The lowest BCUT2D eigenvalue weighted by Gasteiger charge is -2.12. The molecular formula is C25H20Cl2N2O4. The van der Waals surface area contributed by atoms with Crippen LogP contribution in [-0.4, -0.2) is 20.1 Å². The monoisotopic (exact) mass is 482 g/mol. The Kier molecular flexibility index (Phi) is 8.20. The minimum absolute atomic E-state index is 0.0580. The summed E-state index contributed by atoms with van der Waals surface area (Å²) < 4.78 is 16.3. The normalized spacial score (nSPS) is 10.8. The molecule has 6 nitrogen and oxygen atoms in total. The fourth-order valence-corrected chi connectivity index (χ4v) is 3.19. The van der Waals surface area contributed by atoms with Gasteiger partial charge in [-0.15, -0.1) is 0 Å². The molecule has 3 rings (SSSR count). The van der Waals surface area contributed by atoms with Crippen LogP contribution in [0.5, 0.6) is 17.2 Å². The fourth-order valence-electron chi connectivity index (χ4n) is 2.87. The third-order valence-electron chi connectivity index (χ3n) is 4.59. The molecule has 1 N–H and O–H groups in total. The topological polar surface area (TPSA) is 80.6 Å². The number of rotatable bonds is 8. The number of nitriles is 1. The second-order valence-corrected chi connectivity index (χ2v) is 7.61. The van der Waals surface area contributed by atoms with Crippen molar-refractivity contribution in [1.82, 2.24) is 0 Å². The van der Waals surface area contributed by atoms with Crippen LogP contribution in [0.15, 0.2) is 66.2 Å². The lowest BCUT2D eigenvalue weighted by molar-refractivity contribution is -0.112. The highest BCUT2D eigenvalue weighted by Crippen LogP contribution is 2.30. The fraction of sp³-hybridized carbons (Fsp3) is 0.120. The number of methoxy groups -OCH3 is 2. The van der Waals surface area contributed by atoms with Crippen LogP contribution in [0.25, 0.3) is 6.08 Å². The average Bonchev–Trinajstić information content (AvgIpc) is 2.83. The van der Waals surface area contributed by atoms with E-state index in [2.05, 4.69) is 5.32 Å². The molecule has 0 saturated heterocycles. The number of amides is 1. The molecule has 0 radical (unpaired) electrons. The number of hydrogen-bond acceptors (Lipinski definition) is 5. The van der Waals surface area contributed by atoms with E-state index >= 15 is 0 Å². The lowest BCUT2D eigenvalue weighted by Crippen LogP contribution is -2.13. The molecule has 1 amide bonds. The van der Waals surface area contributed by atoms with Crippen molar-refractivity contribution in [2.75, 3.05) is 19.5 Å². The summed E-state index contributed by atoms with van der Waals surface area (Å²) in [5.41, 5.74) is 1.94. The molecule has 0 spiro atoms. The first kappa shape index (κ1) is 24.0. The molecular weight excluding hydrogens is 463 g/mol. The van der Waals surface area contributed by atoms with Gasteiger partial charge in [0.2, 0.25) is 0 Å². The third-order valence-corrected chi connectivity index (χ3v) is 5.33. The van der Waals surface area contributed by atoms with E-state index in [1.165, 1.54) is 13.2 Å². The standard InChI is InChI=1S/C25H20Cl2N2O4/c1-31-20-7-5-19(6-8-20)29-25(30)18(14-28)11-16-4-10-23(24(13-16)32-2)33-15-17-3-9-21(26)22(27)12-17/h3-13H,15H2,1-2H3,(H,29,30)/b18-11-. The van der Waals surface area contributed by atoms with Gasteiger partial charge in [-0.1, -0.05) is 35.3 Å². The third kappa shape index (κ3) is 6.42. The van der Waals surface area contributed by atoms with E-state index in [0.29, 0.717) is 38.5 Å². The van der Waals surface area contributed by atoms with Gasteiger partial charge in [-0.05, 0) is 65.7 Å². The molecule has 0 unspecified atom stereocenters. The first-order valence-electron chi connectivity index (χ1n) is 9.75. The van der Waals surface area contributed by atoms with Gasteiger partial charge in [0.15, 0.2) is 11.5 Å². The van der Waals surface area contributed by atoms with Gasteiger partial charge in [-0.2, -0.15) is 5.26 Å². The number of hydrogen-bond donors (Lipinski definition) is 1. The van der Waals surface area contributed by atoms with E-state index in [1.54, 1.807) is 61.7 Å². The summed E-state index contributed by atoms with van der Waals surface area (Å²) in [5.74, 6) is 1.10. The first-order chi connectivity index (χ1) is 15.9. The largest absolute Gasteiger partial charge is 0.497 e. The maximum absolute atomic E-state index is 12.5. The van der Waals surface area contributed by atoms with Crippen LogP contribution < -0.4 is 19.5 Å². The molecule has 0 fully saturated rings. The van der Waals surface area contributed by atoms with E-state index < -0.39 is 5.91 Å². The highest BCUT2D eigenvalue weighted by molar-refractivity contribution is 6.42. The Labute approximate surface area is 201 Å². The molecule has 0 saturated carbocycles. The number of ether oxygens (including phenoxy) is 3. The van der Waals surface area contributed by atoms with Crippen molar-refractivity contribution < 1.29 is 19.0 Å². The highest BCUT2D eigenvalue weighted by Gasteiger charge is 2.12. The summed E-state index contributed by atoms with van der Waals surface area (Å²) in [6.45, 7) is 0.260. The van der Waals surface area contributed by atoms with Crippen LogP contribution in [0.1, 0.15) is 11.1 Å². The van der Waals surface area contributed by atoms with Gasteiger partial charge in [0.05, 0.1) is 24.3 Å². The second-order valence-electron chi connectivity index (χ2n) is 6.80. The average molecular weight is 483 g/mol. The SMILES string of the molecule is COc1ccc(NC(=O)/C(C#N)=C\c2ccc(OCc3ccc(Cl)c(Cl)c3)c(OC)c2)cc1. The number of nitrogens with one attached hydrogen (secondary N) is 1. The lowest BCUT2D eigenvalue weighted by atomic mass is 10.1. The smallest absolute Gasteiger partial charge is 0.266 e. The minimum atomic E-state index is -0.526. The zero-order valence-electron chi connectivity index (χ0n) is 17.9. The maximum Gasteiger partial charge on any atom is 0.266 e.